The van der Waals surface area contributed by atoms with E-state index in [1.165, 1.54) is 12.5 Å². The molecule has 1 saturated heterocycles. The minimum atomic E-state index is -0.192. The largest absolute Gasteiger partial charge is 0.486 e. The molecule has 92 valence electrons. The van der Waals surface area contributed by atoms with Gasteiger partial charge in [0.2, 0.25) is 0 Å². The Morgan fingerprint density at radius 2 is 2.18 bits per heavy atom. The molecule has 4 heteroatoms. The number of halogens is 1. The average molecular weight is 237 g/mol. The molecule has 3 nitrogen and oxygen atoms in total. The van der Waals surface area contributed by atoms with Gasteiger partial charge in [0.15, 0.2) is 11.5 Å². The van der Waals surface area contributed by atoms with E-state index in [-0.39, 0.29) is 5.82 Å². The van der Waals surface area contributed by atoms with Gasteiger partial charge in [-0.05, 0) is 37.9 Å². The van der Waals surface area contributed by atoms with Crippen LogP contribution in [0.3, 0.4) is 0 Å². The van der Waals surface area contributed by atoms with Crippen LogP contribution in [-0.4, -0.2) is 25.8 Å². The average Bonchev–Trinajstić information content (AvgIpc) is 2.86. The molecular formula is C13H16FNO2. The highest BCUT2D eigenvalue weighted by atomic mass is 19.1. The van der Waals surface area contributed by atoms with E-state index in [1.54, 1.807) is 6.07 Å². The molecule has 0 saturated carbocycles. The molecule has 1 atom stereocenters. The normalized spacial score (nSPS) is 22.8. The van der Waals surface area contributed by atoms with Gasteiger partial charge in [0.25, 0.3) is 0 Å². The first kappa shape index (κ1) is 10.8. The fourth-order valence-corrected chi connectivity index (χ4v) is 2.52. The standard InChI is InChI=1S/C13H16FNO2/c14-11-3-4-12-13(17-7-6-16-12)10(11)8-9-2-1-5-15-9/h3-4,9,15H,1-2,5-8H2. The lowest BCUT2D eigenvalue weighted by molar-refractivity contribution is 0.168. The molecule has 17 heavy (non-hydrogen) atoms. The molecule has 0 aliphatic carbocycles. The summed E-state index contributed by atoms with van der Waals surface area (Å²) in [5.41, 5.74) is 0.654. The first-order chi connectivity index (χ1) is 8.34. The van der Waals surface area contributed by atoms with E-state index in [0.29, 0.717) is 42.7 Å². The van der Waals surface area contributed by atoms with Crippen molar-refractivity contribution in [2.45, 2.75) is 25.3 Å². The Morgan fingerprint density at radius 1 is 1.29 bits per heavy atom. The van der Waals surface area contributed by atoms with Gasteiger partial charge in [-0.25, -0.2) is 4.39 Å². The molecular weight excluding hydrogens is 221 g/mol. The van der Waals surface area contributed by atoms with Crippen molar-refractivity contribution in [3.63, 3.8) is 0 Å². The van der Waals surface area contributed by atoms with Crippen LogP contribution in [0.4, 0.5) is 4.39 Å². The van der Waals surface area contributed by atoms with E-state index in [0.717, 1.165) is 13.0 Å². The van der Waals surface area contributed by atoms with E-state index in [2.05, 4.69) is 5.32 Å². The number of ether oxygens (including phenoxy) is 2. The minimum absolute atomic E-state index is 0.192. The molecule has 1 unspecified atom stereocenters. The highest BCUT2D eigenvalue weighted by Gasteiger charge is 2.23. The number of rotatable bonds is 2. The second-order valence-corrected chi connectivity index (χ2v) is 4.55. The quantitative estimate of drug-likeness (QED) is 0.852. The first-order valence-corrected chi connectivity index (χ1v) is 6.15. The monoisotopic (exact) mass is 237 g/mol. The van der Waals surface area contributed by atoms with Gasteiger partial charge in [-0.1, -0.05) is 0 Å². The van der Waals surface area contributed by atoms with Crippen molar-refractivity contribution in [1.29, 1.82) is 0 Å². The summed E-state index contributed by atoms with van der Waals surface area (Å²) in [5, 5.41) is 3.38. The lowest BCUT2D eigenvalue weighted by Crippen LogP contribution is -2.25. The fourth-order valence-electron chi connectivity index (χ4n) is 2.52. The van der Waals surface area contributed by atoms with Gasteiger partial charge in [-0.15, -0.1) is 0 Å². The van der Waals surface area contributed by atoms with Crippen molar-refractivity contribution in [3.8, 4) is 11.5 Å². The Morgan fingerprint density at radius 3 is 3.00 bits per heavy atom. The molecule has 1 fully saturated rings. The molecule has 0 amide bonds. The van der Waals surface area contributed by atoms with Crippen LogP contribution in [0, 0.1) is 5.82 Å². The zero-order valence-electron chi connectivity index (χ0n) is 9.67. The van der Waals surface area contributed by atoms with Crippen LogP contribution in [0.2, 0.25) is 0 Å². The van der Waals surface area contributed by atoms with Crippen LogP contribution < -0.4 is 14.8 Å². The molecule has 0 radical (unpaired) electrons. The minimum Gasteiger partial charge on any atom is -0.486 e. The van der Waals surface area contributed by atoms with Crippen LogP contribution in [-0.2, 0) is 6.42 Å². The van der Waals surface area contributed by atoms with Gasteiger partial charge in [0.05, 0.1) is 0 Å². The van der Waals surface area contributed by atoms with Gasteiger partial charge >= 0.3 is 0 Å². The van der Waals surface area contributed by atoms with Gasteiger partial charge < -0.3 is 14.8 Å². The molecule has 1 N–H and O–H groups in total. The zero-order valence-corrected chi connectivity index (χ0v) is 9.67. The maximum Gasteiger partial charge on any atom is 0.167 e. The lowest BCUT2D eigenvalue weighted by Gasteiger charge is -2.22. The number of nitrogens with one attached hydrogen (secondary N) is 1. The molecule has 1 aromatic rings. The second kappa shape index (κ2) is 4.53. The lowest BCUT2D eigenvalue weighted by atomic mass is 10.0. The van der Waals surface area contributed by atoms with Crippen LogP contribution in [0.15, 0.2) is 12.1 Å². The molecule has 2 heterocycles. The Hall–Kier alpha value is -1.29. The summed E-state index contributed by atoms with van der Waals surface area (Å²) in [5.74, 6) is 1.08. The van der Waals surface area contributed by atoms with E-state index in [4.69, 9.17) is 9.47 Å². The van der Waals surface area contributed by atoms with E-state index < -0.39 is 0 Å². The van der Waals surface area contributed by atoms with Crippen LogP contribution >= 0.6 is 0 Å². The SMILES string of the molecule is Fc1ccc2c(c1CC1CCCN1)OCCO2. The Bertz CT molecular complexity index is 416. The molecule has 3 rings (SSSR count). The smallest absolute Gasteiger partial charge is 0.167 e. The summed E-state index contributed by atoms with van der Waals surface area (Å²) in [4.78, 5) is 0. The molecule has 0 spiro atoms. The van der Waals surface area contributed by atoms with Crippen LogP contribution in [0.25, 0.3) is 0 Å². The topological polar surface area (TPSA) is 30.5 Å². The van der Waals surface area contributed by atoms with Gasteiger partial charge in [0.1, 0.15) is 19.0 Å². The van der Waals surface area contributed by atoms with Gasteiger partial charge in [0, 0.05) is 11.6 Å². The summed E-state index contributed by atoms with van der Waals surface area (Å²) in [7, 11) is 0. The van der Waals surface area contributed by atoms with Crippen molar-refractivity contribution < 1.29 is 13.9 Å². The van der Waals surface area contributed by atoms with Crippen molar-refractivity contribution in [1.82, 2.24) is 5.32 Å². The van der Waals surface area contributed by atoms with Crippen molar-refractivity contribution in [2.75, 3.05) is 19.8 Å². The fraction of sp³-hybridized carbons (Fsp3) is 0.538. The first-order valence-electron chi connectivity index (χ1n) is 6.15. The second-order valence-electron chi connectivity index (χ2n) is 4.55. The Kier molecular flexibility index (Phi) is 2.89. The highest BCUT2D eigenvalue weighted by Crippen LogP contribution is 2.36. The zero-order chi connectivity index (χ0) is 11.7. The maximum atomic E-state index is 13.9. The summed E-state index contributed by atoms with van der Waals surface area (Å²) in [6.07, 6.45) is 2.95. The molecule has 0 bridgehead atoms. The molecule has 1 aromatic carbocycles. The predicted octanol–water partition coefficient (Wildman–Crippen LogP) is 1.89. The number of benzene rings is 1. The Balaban J connectivity index is 1.90. The van der Waals surface area contributed by atoms with E-state index in [1.807, 2.05) is 0 Å². The van der Waals surface area contributed by atoms with E-state index in [9.17, 15) is 4.39 Å². The number of fused-ring (bicyclic) bond motifs is 1. The van der Waals surface area contributed by atoms with Gasteiger partial charge in [-0.3, -0.25) is 0 Å². The Labute approximate surface area is 99.9 Å². The third kappa shape index (κ3) is 2.09. The van der Waals surface area contributed by atoms with E-state index >= 15 is 0 Å². The third-order valence-corrected chi connectivity index (χ3v) is 3.37. The highest BCUT2D eigenvalue weighted by molar-refractivity contribution is 5.48. The predicted molar refractivity (Wildman–Crippen MR) is 62.1 cm³/mol. The molecule has 0 aromatic heterocycles. The summed E-state index contributed by atoms with van der Waals surface area (Å²) < 4.78 is 24.9. The maximum absolute atomic E-state index is 13.9. The van der Waals surface area contributed by atoms with Crippen molar-refractivity contribution in [3.05, 3.63) is 23.5 Å². The van der Waals surface area contributed by atoms with Crippen LogP contribution in [0.1, 0.15) is 18.4 Å². The molecule has 2 aliphatic rings. The van der Waals surface area contributed by atoms with Crippen molar-refractivity contribution in [2.24, 2.45) is 0 Å². The number of hydrogen-bond acceptors (Lipinski definition) is 3. The summed E-state index contributed by atoms with van der Waals surface area (Å²) in [6, 6.07) is 3.48. The van der Waals surface area contributed by atoms with Crippen LogP contribution in [0.5, 0.6) is 11.5 Å². The summed E-state index contributed by atoms with van der Waals surface area (Å²) >= 11 is 0. The number of hydrogen-bond donors (Lipinski definition) is 1. The van der Waals surface area contributed by atoms with Gasteiger partial charge in [-0.2, -0.15) is 0 Å². The third-order valence-electron chi connectivity index (χ3n) is 3.37. The van der Waals surface area contributed by atoms with Crippen molar-refractivity contribution >= 4 is 0 Å². The molecule has 2 aliphatic heterocycles. The summed E-state index contributed by atoms with van der Waals surface area (Å²) in [6.45, 7) is 2.07.